The Morgan fingerprint density at radius 2 is 0.402 bits per heavy atom. The van der Waals surface area contributed by atoms with Crippen molar-refractivity contribution < 1.29 is 77.2 Å². The molecule has 0 amide bonds. The second-order valence-corrected chi connectivity index (χ2v) is 33.5. The number of fused-ring (bicyclic) bond motifs is 4. The van der Waals surface area contributed by atoms with Gasteiger partial charge in [-0.05, 0) is 71.5 Å². The van der Waals surface area contributed by atoms with E-state index in [1.165, 1.54) is 188 Å². The third kappa shape index (κ3) is 21.1. The Morgan fingerprint density at radius 3 is 0.565 bits per heavy atom. The van der Waals surface area contributed by atoms with Crippen LogP contribution in [-0.4, -0.2) is 49.3 Å². The molecule has 0 aliphatic carbocycles. The van der Waals surface area contributed by atoms with Crippen LogP contribution in [0.2, 0.25) is 0 Å². The summed E-state index contributed by atoms with van der Waals surface area (Å²) in [5, 5.41) is 17.7. The van der Waals surface area contributed by atoms with Crippen molar-refractivity contribution in [2.75, 3.05) is 49.3 Å². The fraction of sp³-hybridized carbons (Fsp3) is 0.286. The summed E-state index contributed by atoms with van der Waals surface area (Å²) in [5.74, 6) is 0. The van der Waals surface area contributed by atoms with Crippen LogP contribution in [0.1, 0.15) is 107 Å². The first-order valence-corrected chi connectivity index (χ1v) is 40.2. The molecule has 0 N–H and O–H groups in total. The molecule has 8 heteroatoms. The van der Waals surface area contributed by atoms with E-state index >= 15 is 0 Å². The number of hydrogen-bond donors (Lipinski definition) is 0. The van der Waals surface area contributed by atoms with Gasteiger partial charge in [-0.2, -0.15) is 24.3 Å². The van der Waals surface area contributed by atoms with Gasteiger partial charge in [0.15, 0.2) is 0 Å². The molecular formula is C84H96Cl2P4Zr2-2. The molecule has 0 aliphatic rings. The van der Waals surface area contributed by atoms with Gasteiger partial charge in [-0.15, -0.1) is 137 Å². The van der Waals surface area contributed by atoms with Gasteiger partial charge in [0, 0.05) is 0 Å². The smallest absolute Gasteiger partial charge is 1.00 e. The molecule has 0 radical (unpaired) electrons. The van der Waals surface area contributed by atoms with Crippen LogP contribution in [0.3, 0.4) is 0 Å². The van der Waals surface area contributed by atoms with Crippen molar-refractivity contribution in [2.24, 2.45) is 0 Å². The molecule has 476 valence electrons. The first-order chi connectivity index (χ1) is 43.3. The molecule has 0 unspecified atom stereocenters. The largest absolute Gasteiger partial charge is 2.00 e. The molecule has 0 aromatic heterocycles. The van der Waals surface area contributed by atoms with E-state index in [2.05, 4.69) is 298 Å². The van der Waals surface area contributed by atoms with E-state index in [0.29, 0.717) is 0 Å². The Kier molecular flexibility index (Phi) is 36.1. The zero-order valence-electron chi connectivity index (χ0n) is 56.0. The van der Waals surface area contributed by atoms with Crippen molar-refractivity contribution in [3.8, 4) is 44.5 Å². The molecular weight excluding hydrogens is 1390 g/mol. The SMILES string of the molecule is CCCP(CCC)c1cc2c(-c3ccccc3)cccc2[cH-]1.CCCP(CCC)c1cc2c(-c3ccccc3)cccc2[cH-]1.CCCP(CCC)c1cc2c(-c3ccccc3)cccc2[cH-]1.CCCP(CCC)c1cc2c(-c3ccccc3)cccc2[cH-]1.[Cl-].[Cl-].[Zr+2].[Zr+2]. The third-order valence-corrected chi connectivity index (χ3v) is 28.5. The zero-order valence-corrected chi connectivity index (χ0v) is 66.0. The molecule has 0 heterocycles. The topological polar surface area (TPSA) is 0 Å². The maximum absolute atomic E-state index is 2.47. The molecule has 0 nitrogen and oxygen atoms in total. The summed E-state index contributed by atoms with van der Waals surface area (Å²) in [6, 6.07) is 89.5. The Morgan fingerprint density at radius 1 is 0.228 bits per heavy atom. The second kappa shape index (κ2) is 42.1. The minimum Gasteiger partial charge on any atom is -1.00 e. The van der Waals surface area contributed by atoms with Crippen LogP contribution in [0.25, 0.3) is 87.6 Å². The Balaban J connectivity index is 0.000000219. The van der Waals surface area contributed by atoms with Gasteiger partial charge < -0.3 is 24.8 Å². The molecule has 0 atom stereocenters. The van der Waals surface area contributed by atoms with Crippen LogP contribution in [0.4, 0.5) is 0 Å². The molecule has 0 saturated heterocycles. The standard InChI is InChI=1S/4C21H24P.2ClH.2Zr/c4*1-3-13-22(14-4-2)19-15-18-11-8-12-20(21(18)16-19)17-9-6-5-7-10-17;;;;/h4*5-12,15-16H,3-4,13-14H2,1-2H3;2*1H;;/q4*-1;;;2*+2/p-2. The summed E-state index contributed by atoms with van der Waals surface area (Å²) in [4.78, 5) is 0. The van der Waals surface area contributed by atoms with Crippen LogP contribution in [-0.2, 0) is 52.4 Å². The second-order valence-electron chi connectivity index (χ2n) is 23.5. The quantitative estimate of drug-likeness (QED) is 0.0418. The van der Waals surface area contributed by atoms with Gasteiger partial charge >= 0.3 is 52.4 Å². The summed E-state index contributed by atoms with van der Waals surface area (Å²) < 4.78 is 0. The average molecular weight is 1480 g/mol. The first-order valence-electron chi connectivity index (χ1n) is 33.3. The molecule has 0 spiro atoms. The van der Waals surface area contributed by atoms with Crippen molar-refractivity contribution >= 4 is 96.0 Å². The average Bonchev–Trinajstić information content (AvgIpc) is 2.27. The zero-order chi connectivity index (χ0) is 61.5. The van der Waals surface area contributed by atoms with Gasteiger partial charge in [0.05, 0.1) is 0 Å². The maximum Gasteiger partial charge on any atom is 2.00 e. The number of benzene rings is 8. The van der Waals surface area contributed by atoms with Crippen molar-refractivity contribution in [1.82, 2.24) is 0 Å². The molecule has 12 aromatic rings. The van der Waals surface area contributed by atoms with Crippen LogP contribution in [0, 0.1) is 0 Å². The summed E-state index contributed by atoms with van der Waals surface area (Å²) in [7, 11) is 0.0637. The van der Waals surface area contributed by atoms with E-state index in [-0.39, 0.29) is 109 Å². The maximum atomic E-state index is 2.47. The molecule has 0 aliphatic heterocycles. The van der Waals surface area contributed by atoms with Crippen LogP contribution in [0.15, 0.2) is 243 Å². The van der Waals surface area contributed by atoms with Crippen molar-refractivity contribution in [3.05, 3.63) is 243 Å². The van der Waals surface area contributed by atoms with Gasteiger partial charge in [0.25, 0.3) is 0 Å². The van der Waals surface area contributed by atoms with E-state index in [1.54, 1.807) is 21.2 Å². The van der Waals surface area contributed by atoms with E-state index < -0.39 is 0 Å². The monoisotopic (exact) mass is 1480 g/mol. The molecule has 92 heavy (non-hydrogen) atoms. The van der Waals surface area contributed by atoms with E-state index in [9.17, 15) is 0 Å². The summed E-state index contributed by atoms with van der Waals surface area (Å²) in [5.41, 5.74) is 10.8. The van der Waals surface area contributed by atoms with Gasteiger partial charge in [-0.3, -0.25) is 0 Å². The Labute approximate surface area is 610 Å². The van der Waals surface area contributed by atoms with Crippen LogP contribution < -0.4 is 46.0 Å². The van der Waals surface area contributed by atoms with Crippen LogP contribution in [0.5, 0.6) is 0 Å². The molecule has 12 aromatic carbocycles. The Hall–Kier alpha value is -3.73. The van der Waals surface area contributed by atoms with Crippen LogP contribution >= 0.6 is 31.7 Å². The molecule has 0 saturated carbocycles. The first kappa shape index (κ1) is 79.0. The predicted molar refractivity (Wildman–Crippen MR) is 407 cm³/mol. The minimum absolute atomic E-state index is 0. The van der Waals surface area contributed by atoms with Gasteiger partial charge in [0.2, 0.25) is 0 Å². The van der Waals surface area contributed by atoms with Crippen molar-refractivity contribution in [3.63, 3.8) is 0 Å². The van der Waals surface area contributed by atoms with E-state index in [0.717, 1.165) is 0 Å². The van der Waals surface area contributed by atoms with Gasteiger partial charge in [0.1, 0.15) is 0 Å². The van der Waals surface area contributed by atoms with Crippen molar-refractivity contribution in [1.29, 1.82) is 0 Å². The van der Waals surface area contributed by atoms with E-state index in [4.69, 9.17) is 0 Å². The third-order valence-electron chi connectivity index (χ3n) is 16.7. The summed E-state index contributed by atoms with van der Waals surface area (Å²) >= 11 is 0. The van der Waals surface area contributed by atoms with Gasteiger partial charge in [-0.25, -0.2) is 0 Å². The number of rotatable bonds is 24. The number of hydrogen-bond acceptors (Lipinski definition) is 0. The van der Waals surface area contributed by atoms with Crippen molar-refractivity contribution in [2.45, 2.75) is 107 Å². The fourth-order valence-electron chi connectivity index (χ4n) is 12.7. The van der Waals surface area contributed by atoms with Gasteiger partial charge in [-0.1, -0.05) is 306 Å². The molecule has 0 bridgehead atoms. The normalized spacial score (nSPS) is 10.9. The molecule has 0 fully saturated rings. The predicted octanol–water partition coefficient (Wildman–Crippen LogP) is 18.6. The minimum atomic E-state index is 0. The van der Waals surface area contributed by atoms with E-state index in [1.807, 2.05) is 0 Å². The summed E-state index contributed by atoms with van der Waals surface area (Å²) in [6.07, 6.45) is 21.2. The summed E-state index contributed by atoms with van der Waals surface area (Å²) in [6.45, 7) is 18.5. The molecule has 12 rings (SSSR count). The Bertz CT molecular complexity index is 3420. The number of halogens is 2. The fourth-order valence-corrected chi connectivity index (χ4v) is 22.5.